The normalized spacial score (nSPS) is 13.0. The van der Waals surface area contributed by atoms with E-state index < -0.39 is 0 Å². The Morgan fingerprint density at radius 3 is 2.60 bits per heavy atom. The van der Waals surface area contributed by atoms with Crippen molar-refractivity contribution in [3.8, 4) is 17.2 Å². The van der Waals surface area contributed by atoms with Gasteiger partial charge in [-0.3, -0.25) is 0 Å². The van der Waals surface area contributed by atoms with Crippen LogP contribution in [0.25, 0.3) is 0 Å². The Morgan fingerprint density at radius 1 is 1.15 bits per heavy atom. The van der Waals surface area contributed by atoms with Gasteiger partial charge in [-0.25, -0.2) is 0 Å². The molecule has 0 fully saturated rings. The van der Waals surface area contributed by atoms with E-state index >= 15 is 0 Å². The minimum atomic E-state index is 0.251. The fraction of sp³-hybridized carbons (Fsp3) is 0.600. The molecule has 0 bridgehead atoms. The van der Waals surface area contributed by atoms with Gasteiger partial charge in [0.1, 0.15) is 12.4 Å². The van der Waals surface area contributed by atoms with Gasteiger partial charge in [0, 0.05) is 24.8 Å². The van der Waals surface area contributed by atoms with Gasteiger partial charge in [-0.2, -0.15) is 0 Å². The quantitative estimate of drug-likeness (QED) is 0.741. The van der Waals surface area contributed by atoms with Gasteiger partial charge in [-0.05, 0) is 18.4 Å². The number of fused-ring (bicyclic) bond motifs is 1. The summed E-state index contributed by atoms with van der Waals surface area (Å²) in [5.74, 6) is 2.83. The van der Waals surface area contributed by atoms with Crippen molar-refractivity contribution in [1.82, 2.24) is 0 Å². The molecule has 0 unspecified atom stereocenters. The molecule has 5 heteroatoms. The molecule has 112 valence electrons. The van der Waals surface area contributed by atoms with E-state index in [9.17, 15) is 0 Å². The van der Waals surface area contributed by atoms with Crippen LogP contribution in [0.1, 0.15) is 25.8 Å². The van der Waals surface area contributed by atoms with Crippen LogP contribution in [-0.4, -0.2) is 26.6 Å². The molecule has 1 heterocycles. The number of benzene rings is 1. The van der Waals surface area contributed by atoms with Crippen LogP contribution in [0.2, 0.25) is 0 Å². The standard InChI is InChI=1S/C15H23NO4/c1-11(2)3-4-17-5-6-18-13-8-15-14(19-10-20-15)7-12(13)9-16/h7-8,11H,3-6,9-10,16H2,1-2H3. The highest BCUT2D eigenvalue weighted by Crippen LogP contribution is 2.37. The first-order chi connectivity index (χ1) is 9.70. The van der Waals surface area contributed by atoms with Gasteiger partial charge in [0.25, 0.3) is 0 Å². The molecule has 0 aromatic heterocycles. The van der Waals surface area contributed by atoms with Crippen LogP contribution in [0, 0.1) is 5.92 Å². The van der Waals surface area contributed by atoms with Gasteiger partial charge in [0.15, 0.2) is 11.5 Å². The van der Waals surface area contributed by atoms with Crippen LogP contribution in [0.15, 0.2) is 12.1 Å². The lowest BCUT2D eigenvalue weighted by Gasteiger charge is -2.12. The summed E-state index contributed by atoms with van der Waals surface area (Å²) in [5.41, 5.74) is 6.64. The fourth-order valence-corrected chi connectivity index (χ4v) is 1.89. The molecule has 1 aromatic rings. The van der Waals surface area contributed by atoms with Crippen molar-refractivity contribution in [2.45, 2.75) is 26.8 Å². The zero-order valence-electron chi connectivity index (χ0n) is 12.2. The average Bonchev–Trinajstić information content (AvgIpc) is 2.88. The van der Waals surface area contributed by atoms with Crippen LogP contribution in [0.3, 0.4) is 0 Å². The highest BCUT2D eigenvalue weighted by molar-refractivity contribution is 5.51. The van der Waals surface area contributed by atoms with E-state index in [0.717, 1.165) is 30.1 Å². The summed E-state index contributed by atoms with van der Waals surface area (Å²) < 4.78 is 21.9. The van der Waals surface area contributed by atoms with Crippen LogP contribution in [0.5, 0.6) is 17.2 Å². The molecule has 0 aliphatic carbocycles. The molecule has 0 saturated heterocycles. The average molecular weight is 281 g/mol. The summed E-state index contributed by atoms with van der Waals surface area (Å²) in [4.78, 5) is 0. The monoisotopic (exact) mass is 281 g/mol. The van der Waals surface area contributed by atoms with Crippen molar-refractivity contribution in [1.29, 1.82) is 0 Å². The van der Waals surface area contributed by atoms with Gasteiger partial charge in [-0.1, -0.05) is 13.8 Å². The largest absolute Gasteiger partial charge is 0.491 e. The number of rotatable bonds is 8. The van der Waals surface area contributed by atoms with Gasteiger partial charge in [0.2, 0.25) is 6.79 Å². The zero-order valence-corrected chi connectivity index (χ0v) is 12.2. The maximum absolute atomic E-state index is 5.72. The molecule has 2 rings (SSSR count). The first kappa shape index (κ1) is 14.9. The molecule has 2 N–H and O–H groups in total. The minimum Gasteiger partial charge on any atom is -0.491 e. The lowest BCUT2D eigenvalue weighted by molar-refractivity contribution is 0.0922. The van der Waals surface area contributed by atoms with Crippen molar-refractivity contribution in [2.24, 2.45) is 11.7 Å². The molecule has 1 aliphatic heterocycles. The molecular weight excluding hydrogens is 258 g/mol. The van der Waals surface area contributed by atoms with Crippen LogP contribution < -0.4 is 19.9 Å². The first-order valence-corrected chi connectivity index (χ1v) is 7.04. The van der Waals surface area contributed by atoms with Crippen LogP contribution in [-0.2, 0) is 11.3 Å². The topological polar surface area (TPSA) is 62.9 Å². The Labute approximate surface area is 120 Å². The molecule has 0 radical (unpaired) electrons. The SMILES string of the molecule is CC(C)CCOCCOc1cc2c(cc1CN)OCO2. The molecule has 0 saturated carbocycles. The summed E-state index contributed by atoms with van der Waals surface area (Å²) in [5, 5.41) is 0. The highest BCUT2D eigenvalue weighted by atomic mass is 16.7. The predicted octanol–water partition coefficient (Wildman–Crippen LogP) is 2.32. The third kappa shape index (κ3) is 4.02. The lowest BCUT2D eigenvalue weighted by atomic mass is 10.1. The minimum absolute atomic E-state index is 0.251. The predicted molar refractivity (Wildman–Crippen MR) is 76.2 cm³/mol. The second-order valence-electron chi connectivity index (χ2n) is 5.16. The Morgan fingerprint density at radius 2 is 1.90 bits per heavy atom. The van der Waals surface area contributed by atoms with Gasteiger partial charge in [0.05, 0.1) is 6.61 Å². The van der Waals surface area contributed by atoms with E-state index in [1.54, 1.807) is 0 Å². The van der Waals surface area contributed by atoms with Crippen LogP contribution in [0.4, 0.5) is 0 Å². The van der Waals surface area contributed by atoms with Gasteiger partial charge >= 0.3 is 0 Å². The Balaban J connectivity index is 1.80. The van der Waals surface area contributed by atoms with Crippen LogP contribution >= 0.6 is 0 Å². The number of hydrogen-bond donors (Lipinski definition) is 1. The maximum Gasteiger partial charge on any atom is 0.231 e. The van der Waals surface area contributed by atoms with E-state index in [1.165, 1.54) is 0 Å². The van der Waals surface area contributed by atoms with Crippen molar-refractivity contribution >= 4 is 0 Å². The number of nitrogens with two attached hydrogens (primary N) is 1. The smallest absolute Gasteiger partial charge is 0.231 e. The second kappa shape index (κ2) is 7.36. The summed E-state index contributed by atoms with van der Waals surface area (Å²) >= 11 is 0. The molecule has 1 aromatic carbocycles. The van der Waals surface area contributed by atoms with E-state index in [4.69, 9.17) is 24.7 Å². The summed E-state index contributed by atoms with van der Waals surface area (Å²) in [6, 6.07) is 3.70. The number of hydrogen-bond acceptors (Lipinski definition) is 5. The summed E-state index contributed by atoms with van der Waals surface area (Å²) in [6.45, 7) is 6.86. The van der Waals surface area contributed by atoms with Crippen molar-refractivity contribution < 1.29 is 18.9 Å². The molecular formula is C15H23NO4. The highest BCUT2D eigenvalue weighted by Gasteiger charge is 2.17. The Hall–Kier alpha value is -1.46. The fourth-order valence-electron chi connectivity index (χ4n) is 1.89. The molecule has 20 heavy (non-hydrogen) atoms. The van der Waals surface area contributed by atoms with Crippen molar-refractivity contribution in [3.63, 3.8) is 0 Å². The summed E-state index contributed by atoms with van der Waals surface area (Å²) in [7, 11) is 0. The molecule has 0 amide bonds. The molecule has 0 spiro atoms. The van der Waals surface area contributed by atoms with Gasteiger partial charge in [-0.15, -0.1) is 0 Å². The van der Waals surface area contributed by atoms with E-state index in [0.29, 0.717) is 31.4 Å². The molecule has 5 nitrogen and oxygen atoms in total. The third-order valence-corrected chi connectivity index (χ3v) is 3.10. The molecule has 0 atom stereocenters. The first-order valence-electron chi connectivity index (χ1n) is 7.04. The van der Waals surface area contributed by atoms with E-state index in [2.05, 4.69) is 13.8 Å². The Bertz CT molecular complexity index is 434. The number of ether oxygens (including phenoxy) is 4. The third-order valence-electron chi connectivity index (χ3n) is 3.10. The second-order valence-corrected chi connectivity index (χ2v) is 5.16. The lowest BCUT2D eigenvalue weighted by Crippen LogP contribution is -2.10. The summed E-state index contributed by atoms with van der Waals surface area (Å²) in [6.07, 6.45) is 1.07. The van der Waals surface area contributed by atoms with Gasteiger partial charge < -0.3 is 24.7 Å². The zero-order chi connectivity index (χ0) is 14.4. The maximum atomic E-state index is 5.72. The van der Waals surface area contributed by atoms with Crippen molar-refractivity contribution in [2.75, 3.05) is 26.6 Å². The van der Waals surface area contributed by atoms with Crippen molar-refractivity contribution in [3.05, 3.63) is 17.7 Å². The van der Waals surface area contributed by atoms with E-state index in [-0.39, 0.29) is 6.79 Å². The Kier molecular flexibility index (Phi) is 5.49. The van der Waals surface area contributed by atoms with E-state index in [1.807, 2.05) is 12.1 Å². The molecule has 1 aliphatic rings.